The number of carboxylic acid groups (broad SMARTS) is 1. The number of hydrogen-bond acceptors (Lipinski definition) is 2. The van der Waals surface area contributed by atoms with Crippen molar-refractivity contribution in [2.24, 2.45) is 11.3 Å². The molecule has 0 aromatic rings. The summed E-state index contributed by atoms with van der Waals surface area (Å²) in [6.07, 6.45) is 3.74. The Kier molecular flexibility index (Phi) is 3.31. The van der Waals surface area contributed by atoms with Gasteiger partial charge in [0.25, 0.3) is 0 Å². The molecule has 0 amide bonds. The van der Waals surface area contributed by atoms with Crippen molar-refractivity contribution in [3.8, 4) is 0 Å². The molecule has 1 aliphatic rings. The number of carboxylic acids is 1. The average molecular weight is 186 g/mol. The molecular formula is C10H18O3. The Hall–Kier alpha value is -0.570. The molecule has 1 rings (SSSR count). The van der Waals surface area contributed by atoms with Crippen LogP contribution in [0.25, 0.3) is 0 Å². The smallest absolute Gasteiger partial charge is 0.311 e. The van der Waals surface area contributed by atoms with Gasteiger partial charge in [-0.2, -0.15) is 0 Å². The molecule has 0 bridgehead atoms. The van der Waals surface area contributed by atoms with E-state index in [2.05, 4.69) is 0 Å². The molecule has 0 spiro atoms. The van der Waals surface area contributed by atoms with Gasteiger partial charge in [0.15, 0.2) is 0 Å². The summed E-state index contributed by atoms with van der Waals surface area (Å²) in [5.74, 6) is 0.0619. The first-order valence-corrected chi connectivity index (χ1v) is 4.83. The van der Waals surface area contributed by atoms with Crippen LogP contribution in [-0.4, -0.2) is 24.3 Å². The van der Waals surface area contributed by atoms with Crippen LogP contribution in [0.1, 0.15) is 33.1 Å². The lowest BCUT2D eigenvalue weighted by Gasteiger charge is -2.18. The third-order valence-corrected chi connectivity index (χ3v) is 2.41. The third kappa shape index (κ3) is 3.77. The molecule has 0 aromatic carbocycles. The van der Waals surface area contributed by atoms with E-state index >= 15 is 0 Å². The molecule has 3 heteroatoms. The highest BCUT2D eigenvalue weighted by Crippen LogP contribution is 2.32. The van der Waals surface area contributed by atoms with E-state index in [0.29, 0.717) is 13.2 Å². The largest absolute Gasteiger partial charge is 0.481 e. The minimum absolute atomic E-state index is 0.315. The van der Waals surface area contributed by atoms with E-state index in [-0.39, 0.29) is 0 Å². The standard InChI is InChI=1S/C10H18O3/c1-10(2,9(11)12)7-13-6-5-8-3-4-8/h8H,3-7H2,1-2H3,(H,11,12). The van der Waals surface area contributed by atoms with Gasteiger partial charge >= 0.3 is 5.97 Å². The molecule has 0 atom stereocenters. The normalized spacial score (nSPS) is 17.4. The predicted octanol–water partition coefficient (Wildman–Crippen LogP) is 1.91. The maximum atomic E-state index is 10.7. The fourth-order valence-electron chi connectivity index (χ4n) is 1.05. The van der Waals surface area contributed by atoms with Gasteiger partial charge in [0.2, 0.25) is 0 Å². The van der Waals surface area contributed by atoms with Crippen LogP contribution in [0.2, 0.25) is 0 Å². The molecule has 1 aliphatic carbocycles. The Morgan fingerprint density at radius 2 is 2.15 bits per heavy atom. The lowest BCUT2D eigenvalue weighted by atomic mass is 9.95. The highest BCUT2D eigenvalue weighted by molar-refractivity contribution is 5.73. The number of carbonyl (C=O) groups is 1. The molecule has 0 aromatic heterocycles. The number of ether oxygens (including phenoxy) is 1. The number of hydrogen-bond donors (Lipinski definition) is 1. The summed E-state index contributed by atoms with van der Waals surface area (Å²) in [5.41, 5.74) is -0.746. The van der Waals surface area contributed by atoms with E-state index in [0.717, 1.165) is 12.3 Å². The van der Waals surface area contributed by atoms with Crippen molar-refractivity contribution >= 4 is 5.97 Å². The molecule has 0 unspecified atom stereocenters. The average Bonchev–Trinajstić information content (AvgIpc) is 2.81. The van der Waals surface area contributed by atoms with Crippen molar-refractivity contribution < 1.29 is 14.6 Å². The number of aliphatic carboxylic acids is 1. The second-order valence-corrected chi connectivity index (χ2v) is 4.47. The summed E-state index contributed by atoms with van der Waals surface area (Å²) < 4.78 is 5.33. The lowest BCUT2D eigenvalue weighted by molar-refractivity contribution is -0.150. The molecule has 76 valence electrons. The predicted molar refractivity (Wildman–Crippen MR) is 49.6 cm³/mol. The summed E-state index contributed by atoms with van der Waals surface area (Å²) >= 11 is 0. The lowest BCUT2D eigenvalue weighted by Crippen LogP contribution is -2.29. The Balaban J connectivity index is 2.05. The summed E-state index contributed by atoms with van der Waals surface area (Å²) in [6.45, 7) is 4.40. The van der Waals surface area contributed by atoms with E-state index in [9.17, 15) is 4.79 Å². The first kappa shape index (κ1) is 10.5. The fourth-order valence-corrected chi connectivity index (χ4v) is 1.05. The van der Waals surface area contributed by atoms with Crippen LogP contribution in [0.15, 0.2) is 0 Å². The Bertz CT molecular complexity index is 183. The van der Waals surface area contributed by atoms with Crippen molar-refractivity contribution in [3.63, 3.8) is 0 Å². The van der Waals surface area contributed by atoms with Gasteiger partial charge in [-0.3, -0.25) is 4.79 Å². The molecule has 0 saturated heterocycles. The molecule has 0 aliphatic heterocycles. The Morgan fingerprint density at radius 3 is 2.62 bits per heavy atom. The van der Waals surface area contributed by atoms with E-state index in [1.54, 1.807) is 13.8 Å². The van der Waals surface area contributed by atoms with Gasteiger partial charge in [-0.05, 0) is 26.2 Å². The zero-order chi connectivity index (χ0) is 9.90. The maximum absolute atomic E-state index is 10.7. The van der Waals surface area contributed by atoms with Crippen LogP contribution in [0.5, 0.6) is 0 Å². The van der Waals surface area contributed by atoms with Crippen LogP contribution in [0.4, 0.5) is 0 Å². The highest BCUT2D eigenvalue weighted by Gasteiger charge is 2.27. The van der Waals surface area contributed by atoms with Gasteiger partial charge in [0.05, 0.1) is 12.0 Å². The fraction of sp³-hybridized carbons (Fsp3) is 0.900. The van der Waals surface area contributed by atoms with Gasteiger partial charge in [-0.1, -0.05) is 12.8 Å². The molecule has 3 nitrogen and oxygen atoms in total. The van der Waals surface area contributed by atoms with E-state index in [1.807, 2.05) is 0 Å². The summed E-state index contributed by atoms with van der Waals surface area (Å²) in [5, 5.41) is 8.78. The van der Waals surface area contributed by atoms with Crippen LogP contribution in [0, 0.1) is 11.3 Å². The molecule has 13 heavy (non-hydrogen) atoms. The highest BCUT2D eigenvalue weighted by atomic mass is 16.5. The van der Waals surface area contributed by atoms with Crippen molar-refractivity contribution in [2.45, 2.75) is 33.1 Å². The quantitative estimate of drug-likeness (QED) is 0.644. The van der Waals surface area contributed by atoms with Crippen molar-refractivity contribution in [1.29, 1.82) is 0 Å². The maximum Gasteiger partial charge on any atom is 0.311 e. The molecule has 1 N–H and O–H groups in total. The van der Waals surface area contributed by atoms with E-state index in [4.69, 9.17) is 9.84 Å². The summed E-state index contributed by atoms with van der Waals surface area (Å²) in [4.78, 5) is 10.7. The minimum Gasteiger partial charge on any atom is -0.481 e. The minimum atomic E-state index is -0.793. The van der Waals surface area contributed by atoms with Gasteiger partial charge in [0.1, 0.15) is 0 Å². The molecule has 0 radical (unpaired) electrons. The molecule has 0 heterocycles. The van der Waals surface area contributed by atoms with Gasteiger partial charge in [-0.25, -0.2) is 0 Å². The van der Waals surface area contributed by atoms with E-state index < -0.39 is 11.4 Å². The zero-order valence-electron chi connectivity index (χ0n) is 8.38. The van der Waals surface area contributed by atoms with Crippen LogP contribution in [0.3, 0.4) is 0 Å². The monoisotopic (exact) mass is 186 g/mol. The van der Waals surface area contributed by atoms with Gasteiger partial charge in [0, 0.05) is 6.61 Å². The number of rotatable bonds is 6. The SMILES string of the molecule is CC(C)(COCCC1CC1)C(=O)O. The summed E-state index contributed by atoms with van der Waals surface area (Å²) in [7, 11) is 0. The molecule has 1 fully saturated rings. The first-order valence-electron chi connectivity index (χ1n) is 4.83. The topological polar surface area (TPSA) is 46.5 Å². The Labute approximate surface area is 79.1 Å². The van der Waals surface area contributed by atoms with Gasteiger partial charge in [-0.15, -0.1) is 0 Å². The molecule has 1 saturated carbocycles. The van der Waals surface area contributed by atoms with Crippen molar-refractivity contribution in [3.05, 3.63) is 0 Å². The zero-order valence-corrected chi connectivity index (χ0v) is 8.38. The third-order valence-electron chi connectivity index (χ3n) is 2.41. The van der Waals surface area contributed by atoms with Crippen LogP contribution < -0.4 is 0 Å². The van der Waals surface area contributed by atoms with Crippen molar-refractivity contribution in [2.75, 3.05) is 13.2 Å². The van der Waals surface area contributed by atoms with Crippen LogP contribution in [-0.2, 0) is 9.53 Å². The summed E-state index contributed by atoms with van der Waals surface area (Å²) in [6, 6.07) is 0. The van der Waals surface area contributed by atoms with E-state index in [1.165, 1.54) is 12.8 Å². The second-order valence-electron chi connectivity index (χ2n) is 4.47. The first-order chi connectivity index (χ1) is 6.02. The van der Waals surface area contributed by atoms with Gasteiger partial charge < -0.3 is 9.84 Å². The Morgan fingerprint density at radius 1 is 1.54 bits per heavy atom. The molecular weight excluding hydrogens is 168 g/mol. The second kappa shape index (κ2) is 4.09. The van der Waals surface area contributed by atoms with Crippen molar-refractivity contribution in [1.82, 2.24) is 0 Å². The van der Waals surface area contributed by atoms with Crippen LogP contribution >= 0.6 is 0 Å².